The number of hydrogen-bond donors (Lipinski definition) is 3. The average molecular weight is 168 g/mol. The number of carbonyl (C=O) groups excluding carboxylic acids is 2. The van der Waals surface area contributed by atoms with Gasteiger partial charge in [-0.05, 0) is 6.92 Å². The molecule has 0 fully saturated rings. The number of aromatic nitrogens is 2. The summed E-state index contributed by atoms with van der Waals surface area (Å²) in [5.41, 5.74) is 9.73. The highest BCUT2D eigenvalue weighted by Gasteiger charge is 2.16. The maximum absolute atomic E-state index is 10.7. The molecule has 64 valence electrons. The first-order chi connectivity index (χ1) is 5.52. The van der Waals surface area contributed by atoms with E-state index in [4.69, 9.17) is 11.5 Å². The van der Waals surface area contributed by atoms with E-state index in [0.29, 0.717) is 5.82 Å². The zero-order valence-corrected chi connectivity index (χ0v) is 6.42. The van der Waals surface area contributed by atoms with E-state index in [-0.39, 0.29) is 11.4 Å². The molecule has 0 aromatic carbocycles. The van der Waals surface area contributed by atoms with Gasteiger partial charge in [0.25, 0.3) is 11.8 Å². The second kappa shape index (κ2) is 2.65. The largest absolute Gasteiger partial charge is 0.364 e. The smallest absolute Gasteiger partial charge is 0.269 e. The third-order valence-electron chi connectivity index (χ3n) is 1.30. The van der Waals surface area contributed by atoms with Crippen LogP contribution in [0.15, 0.2) is 0 Å². The molecule has 6 nitrogen and oxygen atoms in total. The van der Waals surface area contributed by atoms with Crippen molar-refractivity contribution in [3.63, 3.8) is 0 Å². The number of nitrogens with one attached hydrogen (secondary N) is 1. The molecule has 12 heavy (non-hydrogen) atoms. The summed E-state index contributed by atoms with van der Waals surface area (Å²) in [4.78, 5) is 27.6. The molecule has 0 atom stereocenters. The molecule has 1 aromatic heterocycles. The summed E-state index contributed by atoms with van der Waals surface area (Å²) in [6.45, 7) is 1.60. The Morgan fingerprint density at radius 2 is 1.92 bits per heavy atom. The van der Waals surface area contributed by atoms with E-state index in [9.17, 15) is 9.59 Å². The lowest BCUT2D eigenvalue weighted by molar-refractivity contribution is 0.0962. The van der Waals surface area contributed by atoms with Crippen LogP contribution in [0, 0.1) is 6.92 Å². The third kappa shape index (κ3) is 1.26. The molecule has 0 spiro atoms. The molecule has 0 bridgehead atoms. The predicted molar refractivity (Wildman–Crippen MR) is 40.4 cm³/mol. The van der Waals surface area contributed by atoms with Crippen molar-refractivity contribution in [2.24, 2.45) is 11.5 Å². The first-order valence-corrected chi connectivity index (χ1v) is 3.18. The highest BCUT2D eigenvalue weighted by Crippen LogP contribution is 2.03. The van der Waals surface area contributed by atoms with E-state index in [1.54, 1.807) is 6.92 Å². The van der Waals surface area contributed by atoms with Crippen LogP contribution in [0.25, 0.3) is 0 Å². The molecule has 1 aromatic rings. The quantitative estimate of drug-likeness (QED) is 0.521. The number of H-pyrrole nitrogens is 1. The summed E-state index contributed by atoms with van der Waals surface area (Å²) in [7, 11) is 0. The molecule has 0 unspecified atom stereocenters. The normalized spacial score (nSPS) is 9.75. The first kappa shape index (κ1) is 8.25. The number of hydrogen-bond acceptors (Lipinski definition) is 3. The number of aromatic amines is 1. The Labute approximate surface area is 68.0 Å². The van der Waals surface area contributed by atoms with Crippen LogP contribution in [0.1, 0.15) is 26.8 Å². The van der Waals surface area contributed by atoms with Crippen molar-refractivity contribution in [3.8, 4) is 0 Å². The van der Waals surface area contributed by atoms with Crippen molar-refractivity contribution in [1.29, 1.82) is 0 Å². The van der Waals surface area contributed by atoms with Gasteiger partial charge in [0.05, 0.1) is 0 Å². The zero-order chi connectivity index (χ0) is 9.30. The number of rotatable bonds is 2. The van der Waals surface area contributed by atoms with Crippen molar-refractivity contribution in [2.45, 2.75) is 6.92 Å². The van der Waals surface area contributed by atoms with E-state index in [0.717, 1.165) is 0 Å². The fourth-order valence-corrected chi connectivity index (χ4v) is 0.848. The molecule has 0 radical (unpaired) electrons. The highest BCUT2D eigenvalue weighted by atomic mass is 16.2. The monoisotopic (exact) mass is 168 g/mol. The number of aryl methyl sites for hydroxylation is 1. The molecular weight excluding hydrogens is 160 g/mol. The van der Waals surface area contributed by atoms with Gasteiger partial charge in [0.15, 0.2) is 5.69 Å². The Morgan fingerprint density at radius 1 is 1.33 bits per heavy atom. The van der Waals surface area contributed by atoms with E-state index in [1.165, 1.54) is 0 Å². The van der Waals surface area contributed by atoms with Crippen LogP contribution in [0.5, 0.6) is 0 Å². The van der Waals surface area contributed by atoms with Crippen molar-refractivity contribution in [3.05, 3.63) is 17.2 Å². The summed E-state index contributed by atoms with van der Waals surface area (Å²) >= 11 is 0. The molecule has 6 heteroatoms. The first-order valence-electron chi connectivity index (χ1n) is 3.18. The van der Waals surface area contributed by atoms with E-state index in [1.807, 2.05) is 0 Å². The molecule has 0 aliphatic rings. The second-order valence-corrected chi connectivity index (χ2v) is 2.27. The fraction of sp³-hybridized carbons (Fsp3) is 0.167. The lowest BCUT2D eigenvalue weighted by Crippen LogP contribution is -2.20. The molecule has 1 heterocycles. The molecule has 0 saturated heterocycles. The van der Waals surface area contributed by atoms with E-state index < -0.39 is 11.8 Å². The van der Waals surface area contributed by atoms with Gasteiger partial charge < -0.3 is 16.5 Å². The van der Waals surface area contributed by atoms with Crippen LogP contribution < -0.4 is 11.5 Å². The van der Waals surface area contributed by atoms with Gasteiger partial charge >= 0.3 is 0 Å². The highest BCUT2D eigenvalue weighted by molar-refractivity contribution is 6.03. The molecule has 2 amide bonds. The van der Waals surface area contributed by atoms with Crippen molar-refractivity contribution >= 4 is 11.8 Å². The van der Waals surface area contributed by atoms with Gasteiger partial charge in [-0.2, -0.15) is 0 Å². The molecular formula is C6H8N4O2. The van der Waals surface area contributed by atoms with Gasteiger partial charge in [0.2, 0.25) is 0 Å². The third-order valence-corrected chi connectivity index (χ3v) is 1.30. The maximum Gasteiger partial charge on any atom is 0.269 e. The SMILES string of the molecule is Cc1nc(C(N)=O)c(C(N)=O)[nH]1. The van der Waals surface area contributed by atoms with E-state index >= 15 is 0 Å². The van der Waals surface area contributed by atoms with Crippen LogP contribution in [0.3, 0.4) is 0 Å². The number of imidazole rings is 1. The van der Waals surface area contributed by atoms with Gasteiger partial charge in [-0.25, -0.2) is 4.98 Å². The standard InChI is InChI=1S/C6H8N4O2/c1-2-9-3(5(7)11)4(10-2)6(8)12/h1H3,(H2,7,11)(H2,8,12)(H,9,10). The number of carbonyl (C=O) groups is 2. The van der Waals surface area contributed by atoms with Crippen LogP contribution in [-0.2, 0) is 0 Å². The number of primary amides is 2. The Bertz CT molecular complexity index is 310. The van der Waals surface area contributed by atoms with Crippen molar-refractivity contribution < 1.29 is 9.59 Å². The van der Waals surface area contributed by atoms with Crippen LogP contribution in [0.4, 0.5) is 0 Å². The van der Waals surface area contributed by atoms with Crippen LogP contribution in [0.2, 0.25) is 0 Å². The van der Waals surface area contributed by atoms with Gasteiger partial charge in [-0.15, -0.1) is 0 Å². The minimum atomic E-state index is -0.770. The number of amides is 2. The fourth-order valence-electron chi connectivity index (χ4n) is 0.848. The Morgan fingerprint density at radius 3 is 2.25 bits per heavy atom. The van der Waals surface area contributed by atoms with E-state index in [2.05, 4.69) is 9.97 Å². The van der Waals surface area contributed by atoms with Gasteiger partial charge in [0.1, 0.15) is 11.5 Å². The van der Waals surface area contributed by atoms with Gasteiger partial charge in [0, 0.05) is 0 Å². The Hall–Kier alpha value is -1.85. The number of nitrogens with two attached hydrogens (primary N) is 2. The molecule has 0 saturated carbocycles. The summed E-state index contributed by atoms with van der Waals surface area (Å²) in [6.07, 6.45) is 0. The Balaban J connectivity index is 3.26. The van der Waals surface area contributed by atoms with Crippen molar-refractivity contribution in [2.75, 3.05) is 0 Å². The predicted octanol–water partition coefficient (Wildman–Crippen LogP) is -1.08. The molecule has 0 aliphatic carbocycles. The lowest BCUT2D eigenvalue weighted by Gasteiger charge is -1.90. The minimum Gasteiger partial charge on any atom is -0.364 e. The molecule has 5 N–H and O–H groups in total. The summed E-state index contributed by atoms with van der Waals surface area (Å²) in [5.74, 6) is -1.09. The van der Waals surface area contributed by atoms with Crippen LogP contribution >= 0.6 is 0 Å². The minimum absolute atomic E-state index is 0.0417. The molecule has 0 aliphatic heterocycles. The maximum atomic E-state index is 10.7. The van der Waals surface area contributed by atoms with Gasteiger partial charge in [-0.1, -0.05) is 0 Å². The number of nitrogens with zero attached hydrogens (tertiary/aromatic N) is 1. The van der Waals surface area contributed by atoms with Gasteiger partial charge in [-0.3, -0.25) is 9.59 Å². The zero-order valence-electron chi connectivity index (χ0n) is 6.42. The summed E-state index contributed by atoms with van der Waals surface area (Å²) in [5, 5.41) is 0. The second-order valence-electron chi connectivity index (χ2n) is 2.27. The molecule has 1 rings (SSSR count). The summed E-state index contributed by atoms with van der Waals surface area (Å²) in [6, 6.07) is 0. The Kier molecular flexibility index (Phi) is 1.82. The summed E-state index contributed by atoms with van der Waals surface area (Å²) < 4.78 is 0. The van der Waals surface area contributed by atoms with Crippen molar-refractivity contribution in [1.82, 2.24) is 9.97 Å². The topological polar surface area (TPSA) is 115 Å². The van der Waals surface area contributed by atoms with Crippen LogP contribution in [-0.4, -0.2) is 21.8 Å². The lowest BCUT2D eigenvalue weighted by atomic mass is 10.3. The average Bonchev–Trinajstić information content (AvgIpc) is 2.31.